The van der Waals surface area contributed by atoms with E-state index in [1.165, 1.54) is 6.92 Å². The van der Waals surface area contributed by atoms with Crippen molar-refractivity contribution in [2.75, 3.05) is 0 Å². The number of hydrazine groups is 1. The highest BCUT2D eigenvalue weighted by atomic mass is 16.2. The molecular formula is C23H27N3O2. The van der Waals surface area contributed by atoms with E-state index in [0.29, 0.717) is 12.1 Å². The minimum Gasteiger partial charge on any atom is -0.338 e. The molecule has 0 aromatic heterocycles. The molecule has 2 aromatic rings. The van der Waals surface area contributed by atoms with E-state index >= 15 is 0 Å². The van der Waals surface area contributed by atoms with E-state index in [2.05, 4.69) is 24.6 Å². The Bertz CT molecular complexity index is 903. The molecule has 1 atom stereocenters. The molecule has 0 bridgehead atoms. The third-order valence-corrected chi connectivity index (χ3v) is 4.84. The van der Waals surface area contributed by atoms with E-state index in [1.807, 2.05) is 66.5 Å². The summed E-state index contributed by atoms with van der Waals surface area (Å²) < 4.78 is 0. The molecule has 1 amide bonds. The first kappa shape index (κ1) is 19.8. The van der Waals surface area contributed by atoms with Crippen molar-refractivity contribution in [1.29, 1.82) is 0 Å². The lowest BCUT2D eigenvalue weighted by Crippen LogP contribution is -2.44. The zero-order valence-electron chi connectivity index (χ0n) is 16.8. The van der Waals surface area contributed by atoms with Gasteiger partial charge in [-0.3, -0.25) is 9.59 Å². The quantitative estimate of drug-likeness (QED) is 0.808. The third-order valence-electron chi connectivity index (χ3n) is 4.84. The van der Waals surface area contributed by atoms with Crippen LogP contribution in [0.5, 0.6) is 0 Å². The van der Waals surface area contributed by atoms with Gasteiger partial charge < -0.3 is 10.3 Å². The number of rotatable bonds is 6. The van der Waals surface area contributed by atoms with Gasteiger partial charge in [0.1, 0.15) is 6.04 Å². The molecule has 0 fully saturated rings. The molecule has 0 saturated carbocycles. The van der Waals surface area contributed by atoms with Crippen LogP contribution in [0, 0.1) is 0 Å². The van der Waals surface area contributed by atoms with Gasteiger partial charge in [-0.1, -0.05) is 54.6 Å². The van der Waals surface area contributed by atoms with Gasteiger partial charge in [0, 0.05) is 11.7 Å². The Morgan fingerprint density at radius 2 is 1.64 bits per heavy atom. The maximum absolute atomic E-state index is 13.3. The van der Waals surface area contributed by atoms with Crippen LogP contribution in [-0.4, -0.2) is 22.7 Å². The first-order valence-corrected chi connectivity index (χ1v) is 9.57. The Hall–Kier alpha value is -2.92. The van der Waals surface area contributed by atoms with Crippen LogP contribution in [-0.2, 0) is 16.1 Å². The summed E-state index contributed by atoms with van der Waals surface area (Å²) in [6.45, 7) is 8.25. The number of nitrogens with zero attached hydrogens (tertiary/aromatic N) is 1. The second-order valence-corrected chi connectivity index (χ2v) is 7.42. The molecule has 0 radical (unpaired) electrons. The monoisotopic (exact) mass is 377 g/mol. The van der Waals surface area contributed by atoms with Gasteiger partial charge in [0.2, 0.25) is 0 Å². The van der Waals surface area contributed by atoms with Gasteiger partial charge in [-0.25, -0.2) is 5.43 Å². The molecule has 0 unspecified atom stereocenters. The van der Waals surface area contributed by atoms with Crippen molar-refractivity contribution in [3.8, 4) is 0 Å². The molecule has 0 saturated heterocycles. The largest absolute Gasteiger partial charge is 0.338 e. The summed E-state index contributed by atoms with van der Waals surface area (Å²) in [5.74, 6) is -0.344. The summed E-state index contributed by atoms with van der Waals surface area (Å²) in [6.07, 6.45) is 0. The van der Waals surface area contributed by atoms with Gasteiger partial charge in [0.25, 0.3) is 5.91 Å². The van der Waals surface area contributed by atoms with Gasteiger partial charge in [0.05, 0.1) is 12.1 Å². The molecule has 1 aliphatic heterocycles. The van der Waals surface area contributed by atoms with Crippen LogP contribution in [0.2, 0.25) is 0 Å². The van der Waals surface area contributed by atoms with Crippen molar-refractivity contribution in [2.24, 2.45) is 0 Å². The topological polar surface area (TPSA) is 61.4 Å². The van der Waals surface area contributed by atoms with Crippen molar-refractivity contribution in [3.63, 3.8) is 0 Å². The minimum absolute atomic E-state index is 0.0981. The Kier molecular flexibility index (Phi) is 5.95. The molecule has 1 heterocycles. The van der Waals surface area contributed by atoms with Crippen LogP contribution in [0.15, 0.2) is 60.3 Å². The molecule has 1 aliphatic rings. The van der Waals surface area contributed by atoms with E-state index in [0.717, 1.165) is 22.4 Å². The van der Waals surface area contributed by atoms with Crippen LogP contribution >= 0.6 is 0 Å². The summed E-state index contributed by atoms with van der Waals surface area (Å²) in [4.78, 5) is 25.6. The van der Waals surface area contributed by atoms with Crippen molar-refractivity contribution < 1.29 is 9.59 Å². The fourth-order valence-corrected chi connectivity index (χ4v) is 3.53. The number of hydrogen-bond acceptors (Lipinski definition) is 4. The number of allylic oxidation sites excluding steroid dienone is 1. The second-order valence-electron chi connectivity index (χ2n) is 7.42. The second kappa shape index (κ2) is 8.40. The Labute approximate surface area is 166 Å². The summed E-state index contributed by atoms with van der Waals surface area (Å²) in [5, 5.41) is 4.95. The SMILES string of the molecule is CC(=O)[C@@H](NC(=O)C1=C(C)N(NC(C)C)Cc2ccccc21)c1ccccc1. The molecule has 5 nitrogen and oxygen atoms in total. The number of amides is 1. The van der Waals surface area contributed by atoms with E-state index in [9.17, 15) is 9.59 Å². The van der Waals surface area contributed by atoms with Gasteiger partial charge >= 0.3 is 0 Å². The Morgan fingerprint density at radius 3 is 2.29 bits per heavy atom. The van der Waals surface area contributed by atoms with Gasteiger partial charge in [-0.2, -0.15) is 0 Å². The number of nitrogens with one attached hydrogen (secondary N) is 2. The smallest absolute Gasteiger partial charge is 0.254 e. The minimum atomic E-state index is -0.672. The number of benzene rings is 2. The highest BCUT2D eigenvalue weighted by molar-refractivity contribution is 6.21. The average Bonchev–Trinajstić information content (AvgIpc) is 2.66. The number of carbonyl (C=O) groups is 2. The first-order valence-electron chi connectivity index (χ1n) is 9.57. The van der Waals surface area contributed by atoms with E-state index in [4.69, 9.17) is 0 Å². The molecule has 0 aliphatic carbocycles. The number of hydrogen-bond donors (Lipinski definition) is 2. The van der Waals surface area contributed by atoms with Crippen molar-refractivity contribution in [3.05, 3.63) is 77.0 Å². The Balaban J connectivity index is 1.98. The van der Waals surface area contributed by atoms with Crippen LogP contribution in [0.25, 0.3) is 5.57 Å². The molecular weight excluding hydrogens is 350 g/mol. The van der Waals surface area contributed by atoms with Crippen LogP contribution in [0.1, 0.15) is 50.4 Å². The lowest BCUT2D eigenvalue weighted by atomic mass is 9.93. The molecule has 146 valence electrons. The zero-order chi connectivity index (χ0) is 20.3. The van der Waals surface area contributed by atoms with Gasteiger partial charge in [-0.05, 0) is 44.4 Å². The molecule has 3 rings (SSSR count). The number of Topliss-reactive ketones (excluding diaryl/α,β-unsaturated/α-hetero) is 1. The maximum Gasteiger partial charge on any atom is 0.254 e. The lowest BCUT2D eigenvalue weighted by Gasteiger charge is -2.35. The maximum atomic E-state index is 13.3. The molecule has 0 spiro atoms. The number of ketones is 1. The summed E-state index contributed by atoms with van der Waals surface area (Å²) in [7, 11) is 0. The van der Waals surface area contributed by atoms with Gasteiger partial charge in [0.15, 0.2) is 5.78 Å². The summed E-state index contributed by atoms with van der Waals surface area (Å²) in [5.41, 5.74) is 7.60. The summed E-state index contributed by atoms with van der Waals surface area (Å²) in [6, 6.07) is 16.8. The normalized spacial score (nSPS) is 14.7. The van der Waals surface area contributed by atoms with E-state index in [1.54, 1.807) is 0 Å². The predicted molar refractivity (Wildman–Crippen MR) is 111 cm³/mol. The van der Waals surface area contributed by atoms with Crippen molar-refractivity contribution >= 4 is 17.3 Å². The van der Waals surface area contributed by atoms with Crippen LogP contribution in [0.4, 0.5) is 0 Å². The molecule has 2 aromatic carbocycles. The highest BCUT2D eigenvalue weighted by Crippen LogP contribution is 2.31. The summed E-state index contributed by atoms with van der Waals surface area (Å²) >= 11 is 0. The average molecular weight is 377 g/mol. The lowest BCUT2D eigenvalue weighted by molar-refractivity contribution is -0.124. The van der Waals surface area contributed by atoms with Crippen molar-refractivity contribution in [1.82, 2.24) is 15.8 Å². The third kappa shape index (κ3) is 4.15. The molecule has 5 heteroatoms. The molecule has 2 N–H and O–H groups in total. The Morgan fingerprint density at radius 1 is 1.00 bits per heavy atom. The molecule has 28 heavy (non-hydrogen) atoms. The predicted octanol–water partition coefficient (Wildman–Crippen LogP) is 3.59. The number of carbonyl (C=O) groups excluding carboxylic acids is 2. The number of fused-ring (bicyclic) bond motifs is 1. The van der Waals surface area contributed by atoms with Crippen molar-refractivity contribution in [2.45, 2.75) is 46.3 Å². The van der Waals surface area contributed by atoms with Gasteiger partial charge in [-0.15, -0.1) is 0 Å². The first-order chi connectivity index (χ1) is 13.4. The fraction of sp³-hybridized carbons (Fsp3) is 0.304. The van der Waals surface area contributed by atoms with E-state index in [-0.39, 0.29) is 17.7 Å². The fourth-order valence-electron chi connectivity index (χ4n) is 3.53. The van der Waals surface area contributed by atoms with E-state index < -0.39 is 6.04 Å². The van der Waals surface area contributed by atoms with Crippen LogP contribution in [0.3, 0.4) is 0 Å². The van der Waals surface area contributed by atoms with Crippen LogP contribution < -0.4 is 10.7 Å². The highest BCUT2D eigenvalue weighted by Gasteiger charge is 2.29. The zero-order valence-corrected chi connectivity index (χ0v) is 16.8. The standard InChI is InChI=1S/C23H27N3O2/c1-15(2)25-26-14-19-12-8-9-13-20(19)21(16(26)3)23(28)24-22(17(4)27)18-10-6-5-7-11-18/h5-13,15,22,25H,14H2,1-4H3,(H,24,28)/t22-/m1/s1.